The van der Waals surface area contributed by atoms with Crippen molar-refractivity contribution < 1.29 is 23.7 Å². The highest BCUT2D eigenvalue weighted by Gasteiger charge is 2.21. The van der Waals surface area contributed by atoms with Crippen LogP contribution in [0.5, 0.6) is 0 Å². The van der Waals surface area contributed by atoms with Crippen molar-refractivity contribution in [2.45, 2.75) is 20.3 Å². The first-order valence-electron chi connectivity index (χ1n) is 8.44. The van der Waals surface area contributed by atoms with Crippen molar-refractivity contribution in [1.82, 2.24) is 10.1 Å². The molecule has 1 aromatic heterocycles. The van der Waals surface area contributed by atoms with Gasteiger partial charge in [-0.15, -0.1) is 0 Å². The van der Waals surface area contributed by atoms with Crippen LogP contribution in [-0.4, -0.2) is 67.8 Å². The van der Waals surface area contributed by atoms with Gasteiger partial charge in [0, 0.05) is 12.5 Å². The SMILES string of the molecule is CC(C)CC(=O)N(CC[NH+]1CCOCC1)CC(=O)Nc1ccon1. The zero-order chi connectivity index (χ0) is 17.4. The average Bonchev–Trinajstić information content (AvgIpc) is 3.04. The van der Waals surface area contributed by atoms with Crippen molar-refractivity contribution in [1.29, 1.82) is 0 Å². The first kappa shape index (κ1) is 18.4. The van der Waals surface area contributed by atoms with Crippen molar-refractivity contribution in [3.05, 3.63) is 12.3 Å². The molecule has 0 saturated carbocycles. The smallest absolute Gasteiger partial charge is 0.245 e. The van der Waals surface area contributed by atoms with Crippen LogP contribution >= 0.6 is 0 Å². The van der Waals surface area contributed by atoms with E-state index in [0.29, 0.717) is 18.8 Å². The molecule has 0 unspecified atom stereocenters. The topological polar surface area (TPSA) is 89.1 Å². The molecule has 0 spiro atoms. The predicted molar refractivity (Wildman–Crippen MR) is 87.6 cm³/mol. The summed E-state index contributed by atoms with van der Waals surface area (Å²) in [7, 11) is 0. The maximum absolute atomic E-state index is 12.4. The lowest BCUT2D eigenvalue weighted by molar-refractivity contribution is -0.907. The summed E-state index contributed by atoms with van der Waals surface area (Å²) < 4.78 is 10.0. The van der Waals surface area contributed by atoms with E-state index in [2.05, 4.69) is 15.0 Å². The van der Waals surface area contributed by atoms with Crippen LogP contribution in [0.3, 0.4) is 0 Å². The number of nitrogens with zero attached hydrogens (tertiary/aromatic N) is 2. The molecule has 1 aliphatic heterocycles. The Morgan fingerprint density at radius 2 is 2.12 bits per heavy atom. The van der Waals surface area contributed by atoms with E-state index >= 15 is 0 Å². The molecule has 2 rings (SSSR count). The van der Waals surface area contributed by atoms with E-state index in [1.165, 1.54) is 11.2 Å². The lowest BCUT2D eigenvalue weighted by atomic mass is 10.1. The van der Waals surface area contributed by atoms with E-state index in [1.807, 2.05) is 13.8 Å². The van der Waals surface area contributed by atoms with Crippen molar-refractivity contribution >= 4 is 17.6 Å². The normalized spacial score (nSPS) is 15.5. The highest BCUT2D eigenvalue weighted by Crippen LogP contribution is 2.05. The first-order chi connectivity index (χ1) is 11.5. The van der Waals surface area contributed by atoms with Crippen LogP contribution in [0.1, 0.15) is 20.3 Å². The highest BCUT2D eigenvalue weighted by molar-refractivity contribution is 5.93. The fourth-order valence-electron chi connectivity index (χ4n) is 2.61. The molecule has 2 amide bonds. The van der Waals surface area contributed by atoms with Gasteiger partial charge in [0.25, 0.3) is 0 Å². The standard InChI is InChI=1S/C16H26N4O4/c1-13(2)11-16(22)20(5-4-19-6-9-23-10-7-19)12-15(21)17-14-3-8-24-18-14/h3,8,13H,4-7,9-12H2,1-2H3,(H,17,18,21)/p+1. The van der Waals surface area contributed by atoms with Crippen molar-refractivity contribution in [2.24, 2.45) is 5.92 Å². The summed E-state index contributed by atoms with van der Waals surface area (Å²) in [5.74, 6) is 0.357. The third-order valence-corrected chi connectivity index (χ3v) is 3.91. The highest BCUT2D eigenvalue weighted by atomic mass is 16.5. The van der Waals surface area contributed by atoms with E-state index in [9.17, 15) is 9.59 Å². The lowest BCUT2D eigenvalue weighted by Crippen LogP contribution is -3.14. The van der Waals surface area contributed by atoms with Gasteiger partial charge in [-0.25, -0.2) is 0 Å². The Morgan fingerprint density at radius 1 is 1.38 bits per heavy atom. The van der Waals surface area contributed by atoms with Crippen molar-refractivity contribution in [3.63, 3.8) is 0 Å². The molecule has 1 fully saturated rings. The minimum absolute atomic E-state index is 0.00737. The Morgan fingerprint density at radius 3 is 2.75 bits per heavy atom. The number of rotatable bonds is 8. The third kappa shape index (κ3) is 6.29. The second-order valence-corrected chi connectivity index (χ2v) is 6.46. The summed E-state index contributed by atoms with van der Waals surface area (Å²) in [5.41, 5.74) is 0. The second kappa shape index (κ2) is 9.39. The number of anilines is 1. The number of ether oxygens (including phenoxy) is 1. The summed E-state index contributed by atoms with van der Waals surface area (Å²) in [6.45, 7) is 8.80. The van der Waals surface area contributed by atoms with E-state index in [4.69, 9.17) is 4.74 Å². The fourth-order valence-corrected chi connectivity index (χ4v) is 2.61. The predicted octanol–water partition coefficient (Wildman–Crippen LogP) is -0.597. The third-order valence-electron chi connectivity index (χ3n) is 3.91. The molecule has 0 aromatic carbocycles. The second-order valence-electron chi connectivity index (χ2n) is 6.46. The summed E-state index contributed by atoms with van der Waals surface area (Å²) in [4.78, 5) is 27.6. The van der Waals surface area contributed by atoms with Crippen LogP contribution in [-0.2, 0) is 14.3 Å². The minimum Gasteiger partial charge on any atom is -0.370 e. The van der Waals surface area contributed by atoms with Gasteiger partial charge in [0.05, 0.1) is 26.3 Å². The van der Waals surface area contributed by atoms with E-state index in [-0.39, 0.29) is 24.3 Å². The van der Waals surface area contributed by atoms with E-state index in [0.717, 1.165) is 32.8 Å². The first-order valence-corrected chi connectivity index (χ1v) is 8.44. The monoisotopic (exact) mass is 339 g/mol. The summed E-state index contributed by atoms with van der Waals surface area (Å²) in [5, 5.41) is 6.28. The van der Waals surface area contributed by atoms with E-state index < -0.39 is 0 Å². The van der Waals surface area contributed by atoms with Gasteiger partial charge in [-0.05, 0) is 5.92 Å². The largest absolute Gasteiger partial charge is 0.370 e. The van der Waals surface area contributed by atoms with E-state index in [1.54, 1.807) is 11.0 Å². The number of morpholine rings is 1. The Balaban J connectivity index is 1.88. The number of carbonyl (C=O) groups is 2. The summed E-state index contributed by atoms with van der Waals surface area (Å²) >= 11 is 0. The Hall–Kier alpha value is -1.93. The zero-order valence-corrected chi connectivity index (χ0v) is 14.4. The van der Waals surface area contributed by atoms with Gasteiger partial charge in [0.15, 0.2) is 5.82 Å². The number of carbonyl (C=O) groups excluding carboxylic acids is 2. The molecule has 0 aliphatic carbocycles. The fraction of sp³-hybridized carbons (Fsp3) is 0.688. The van der Waals surface area contributed by atoms with Gasteiger partial charge >= 0.3 is 0 Å². The van der Waals surface area contributed by atoms with Crippen LogP contribution < -0.4 is 10.2 Å². The molecule has 134 valence electrons. The van der Waals surface area contributed by atoms with Gasteiger partial charge < -0.3 is 24.4 Å². The van der Waals surface area contributed by atoms with Crippen LogP contribution in [0.25, 0.3) is 0 Å². The van der Waals surface area contributed by atoms with Crippen LogP contribution in [0.4, 0.5) is 5.82 Å². The molecule has 2 N–H and O–H groups in total. The number of hydrogen-bond donors (Lipinski definition) is 2. The van der Waals surface area contributed by atoms with Crippen LogP contribution in [0.15, 0.2) is 16.9 Å². The van der Waals surface area contributed by atoms with Crippen molar-refractivity contribution in [3.8, 4) is 0 Å². The number of nitrogens with one attached hydrogen (secondary N) is 2. The maximum Gasteiger partial charge on any atom is 0.245 e. The average molecular weight is 339 g/mol. The van der Waals surface area contributed by atoms with Crippen LogP contribution in [0, 0.1) is 5.92 Å². The van der Waals surface area contributed by atoms with Gasteiger partial charge in [-0.2, -0.15) is 0 Å². The number of hydrogen-bond acceptors (Lipinski definition) is 5. The van der Waals surface area contributed by atoms with Gasteiger partial charge in [0.1, 0.15) is 25.9 Å². The molecule has 0 radical (unpaired) electrons. The minimum atomic E-state index is -0.266. The molecule has 0 atom stereocenters. The molecular formula is C16H27N4O4+. The molecule has 8 nitrogen and oxygen atoms in total. The summed E-state index contributed by atoms with van der Waals surface area (Å²) in [6.07, 6.45) is 1.83. The molecule has 1 aromatic rings. The maximum atomic E-state index is 12.4. The van der Waals surface area contributed by atoms with Gasteiger partial charge in [0.2, 0.25) is 11.8 Å². The molecule has 1 aliphatic rings. The molecule has 1 saturated heterocycles. The Labute approximate surface area is 142 Å². The molecule has 8 heteroatoms. The molecular weight excluding hydrogens is 312 g/mol. The Bertz CT molecular complexity index is 512. The quantitative estimate of drug-likeness (QED) is 0.660. The van der Waals surface area contributed by atoms with Gasteiger partial charge in [-0.1, -0.05) is 19.0 Å². The number of quaternary nitrogens is 1. The number of aromatic nitrogens is 1. The lowest BCUT2D eigenvalue weighted by Gasteiger charge is -2.28. The number of amides is 2. The van der Waals surface area contributed by atoms with Crippen molar-refractivity contribution in [2.75, 3.05) is 51.3 Å². The molecule has 2 heterocycles. The van der Waals surface area contributed by atoms with Gasteiger partial charge in [-0.3, -0.25) is 9.59 Å². The zero-order valence-electron chi connectivity index (χ0n) is 14.4. The molecule has 0 bridgehead atoms. The Kier molecular flexibility index (Phi) is 7.20. The van der Waals surface area contributed by atoms with Crippen LogP contribution in [0.2, 0.25) is 0 Å². The molecule has 24 heavy (non-hydrogen) atoms. The summed E-state index contributed by atoms with van der Waals surface area (Å²) in [6, 6.07) is 1.57.